The Hall–Kier alpha value is -1.49. The van der Waals surface area contributed by atoms with Crippen LogP contribution in [0.1, 0.15) is 11.1 Å². The van der Waals surface area contributed by atoms with Gasteiger partial charge in [0, 0.05) is 43.4 Å². The monoisotopic (exact) mass is 313 g/mol. The Balaban J connectivity index is 1.44. The molecular weight excluding hydrogens is 290 g/mol. The summed E-state index contributed by atoms with van der Waals surface area (Å²) in [5.41, 5.74) is 10.3. The van der Waals surface area contributed by atoms with E-state index in [2.05, 4.69) is 51.8 Å². The molecule has 0 aromatic heterocycles. The topological polar surface area (TPSA) is 27.3 Å². The molecule has 0 unspecified atom stereocenters. The molecule has 0 aliphatic carbocycles. The molecule has 1 aliphatic heterocycles. The van der Waals surface area contributed by atoms with Gasteiger partial charge in [-0.1, -0.05) is 42.5 Å². The largest absolute Gasteiger partial charge is 0.321 e. The molecule has 0 amide bonds. The van der Waals surface area contributed by atoms with Gasteiger partial charge in [0.1, 0.15) is 0 Å². The first-order chi connectivity index (χ1) is 10.9. The number of rotatable bonds is 6. The summed E-state index contributed by atoms with van der Waals surface area (Å²) in [4.78, 5) is 2.54. The van der Waals surface area contributed by atoms with Crippen molar-refractivity contribution >= 4 is 17.4 Å². The van der Waals surface area contributed by atoms with E-state index in [0.29, 0.717) is 0 Å². The number of hydrazine groups is 1. The predicted molar refractivity (Wildman–Crippen MR) is 95.9 cm³/mol. The second-order valence-electron chi connectivity index (χ2n) is 5.55. The van der Waals surface area contributed by atoms with E-state index >= 15 is 0 Å². The van der Waals surface area contributed by atoms with Crippen molar-refractivity contribution in [2.24, 2.45) is 0 Å². The maximum absolute atomic E-state index is 3.26. The molecule has 0 saturated carbocycles. The van der Waals surface area contributed by atoms with Crippen molar-refractivity contribution in [3.05, 3.63) is 65.7 Å². The van der Waals surface area contributed by atoms with Crippen LogP contribution in [0.15, 0.2) is 54.6 Å². The zero-order valence-electron chi connectivity index (χ0n) is 12.8. The molecule has 3 nitrogen and oxygen atoms in total. The van der Waals surface area contributed by atoms with E-state index in [9.17, 15) is 0 Å². The average molecular weight is 313 g/mol. The smallest absolute Gasteiger partial charge is 0.0487 e. The number of nitrogens with one attached hydrogen (secondary N) is 2. The van der Waals surface area contributed by atoms with Gasteiger partial charge in [0.05, 0.1) is 0 Å². The number of hydrogen-bond donors (Lipinski definition) is 2. The summed E-state index contributed by atoms with van der Waals surface area (Å²) >= 11 is 2.06. The van der Waals surface area contributed by atoms with Crippen LogP contribution in [0.25, 0.3) is 0 Å². The fourth-order valence-electron chi connectivity index (χ4n) is 2.55. The van der Waals surface area contributed by atoms with E-state index < -0.39 is 0 Å². The fourth-order valence-corrected chi connectivity index (χ4v) is 3.53. The van der Waals surface area contributed by atoms with Gasteiger partial charge in [-0.15, -0.1) is 0 Å². The first-order valence-corrected chi connectivity index (χ1v) is 8.97. The van der Waals surface area contributed by atoms with E-state index in [-0.39, 0.29) is 0 Å². The molecule has 22 heavy (non-hydrogen) atoms. The zero-order valence-corrected chi connectivity index (χ0v) is 13.6. The van der Waals surface area contributed by atoms with Crippen LogP contribution in [-0.2, 0) is 13.1 Å². The SMILES string of the molecule is c1ccc(NNCc2ccc(CN3CCSCC3)cc2)cc1. The molecule has 2 aromatic rings. The summed E-state index contributed by atoms with van der Waals surface area (Å²) in [6.07, 6.45) is 0. The highest BCUT2D eigenvalue weighted by molar-refractivity contribution is 7.99. The van der Waals surface area contributed by atoms with Crippen LogP contribution in [0.2, 0.25) is 0 Å². The molecule has 2 N–H and O–H groups in total. The lowest BCUT2D eigenvalue weighted by molar-refractivity contribution is 0.294. The van der Waals surface area contributed by atoms with Gasteiger partial charge in [-0.3, -0.25) is 4.90 Å². The molecule has 4 heteroatoms. The van der Waals surface area contributed by atoms with Gasteiger partial charge in [0.25, 0.3) is 0 Å². The van der Waals surface area contributed by atoms with Crippen molar-refractivity contribution in [2.45, 2.75) is 13.1 Å². The second-order valence-corrected chi connectivity index (χ2v) is 6.77. The maximum Gasteiger partial charge on any atom is 0.0487 e. The fraction of sp³-hybridized carbons (Fsp3) is 0.333. The second kappa shape index (κ2) is 8.22. The number of anilines is 1. The highest BCUT2D eigenvalue weighted by atomic mass is 32.2. The quantitative estimate of drug-likeness (QED) is 0.800. The Morgan fingerprint density at radius 1 is 0.864 bits per heavy atom. The molecule has 1 aliphatic rings. The molecule has 0 spiro atoms. The third-order valence-electron chi connectivity index (χ3n) is 3.83. The van der Waals surface area contributed by atoms with Crippen molar-refractivity contribution in [1.82, 2.24) is 10.3 Å². The van der Waals surface area contributed by atoms with E-state index in [1.165, 1.54) is 35.7 Å². The van der Waals surface area contributed by atoms with Crippen molar-refractivity contribution in [3.8, 4) is 0 Å². The van der Waals surface area contributed by atoms with Crippen LogP contribution < -0.4 is 10.9 Å². The molecule has 1 heterocycles. The lowest BCUT2D eigenvalue weighted by Gasteiger charge is -2.26. The average Bonchev–Trinajstić information content (AvgIpc) is 2.58. The summed E-state index contributed by atoms with van der Waals surface area (Å²) in [7, 11) is 0. The van der Waals surface area contributed by atoms with Gasteiger partial charge in [-0.2, -0.15) is 11.8 Å². The molecule has 1 fully saturated rings. The van der Waals surface area contributed by atoms with E-state index in [1.807, 2.05) is 30.3 Å². The summed E-state index contributed by atoms with van der Waals surface area (Å²) in [5, 5.41) is 0. The van der Waals surface area contributed by atoms with E-state index in [4.69, 9.17) is 0 Å². The highest BCUT2D eigenvalue weighted by Crippen LogP contribution is 2.13. The Labute approximate surface area is 137 Å². The first kappa shape index (κ1) is 15.4. The summed E-state index contributed by atoms with van der Waals surface area (Å²) < 4.78 is 0. The van der Waals surface area contributed by atoms with E-state index in [0.717, 1.165) is 18.8 Å². The van der Waals surface area contributed by atoms with Crippen LogP contribution in [-0.4, -0.2) is 29.5 Å². The Morgan fingerprint density at radius 2 is 1.55 bits per heavy atom. The van der Waals surface area contributed by atoms with Gasteiger partial charge in [-0.25, -0.2) is 5.43 Å². The normalized spacial score (nSPS) is 15.6. The first-order valence-electron chi connectivity index (χ1n) is 7.82. The van der Waals surface area contributed by atoms with Crippen LogP contribution in [0, 0.1) is 0 Å². The molecule has 0 radical (unpaired) electrons. The molecule has 3 rings (SSSR count). The lowest BCUT2D eigenvalue weighted by Crippen LogP contribution is -2.31. The van der Waals surface area contributed by atoms with Crippen LogP contribution in [0.4, 0.5) is 5.69 Å². The van der Waals surface area contributed by atoms with Gasteiger partial charge in [0.15, 0.2) is 0 Å². The van der Waals surface area contributed by atoms with Crippen molar-refractivity contribution < 1.29 is 0 Å². The van der Waals surface area contributed by atoms with Crippen molar-refractivity contribution in [3.63, 3.8) is 0 Å². The summed E-state index contributed by atoms with van der Waals surface area (Å²) in [5.74, 6) is 2.54. The van der Waals surface area contributed by atoms with E-state index in [1.54, 1.807) is 0 Å². The number of para-hydroxylation sites is 1. The van der Waals surface area contributed by atoms with Gasteiger partial charge in [0.2, 0.25) is 0 Å². The number of hydrogen-bond acceptors (Lipinski definition) is 4. The predicted octanol–water partition coefficient (Wildman–Crippen LogP) is 3.35. The standard InChI is InChI=1S/C18H23N3S/c1-2-4-18(5-3-1)20-19-14-16-6-8-17(9-7-16)15-21-10-12-22-13-11-21/h1-9,19-20H,10-15H2. The van der Waals surface area contributed by atoms with Crippen molar-refractivity contribution in [1.29, 1.82) is 0 Å². The number of benzene rings is 2. The van der Waals surface area contributed by atoms with Crippen molar-refractivity contribution in [2.75, 3.05) is 30.0 Å². The van der Waals surface area contributed by atoms with Crippen LogP contribution >= 0.6 is 11.8 Å². The summed E-state index contributed by atoms with van der Waals surface area (Å²) in [6.45, 7) is 4.33. The molecular formula is C18H23N3S. The molecule has 1 saturated heterocycles. The Bertz CT molecular complexity index is 550. The zero-order chi connectivity index (χ0) is 15.0. The molecule has 0 bridgehead atoms. The minimum Gasteiger partial charge on any atom is -0.321 e. The number of thioether (sulfide) groups is 1. The van der Waals surface area contributed by atoms with Crippen LogP contribution in [0.3, 0.4) is 0 Å². The maximum atomic E-state index is 3.26. The molecule has 2 aromatic carbocycles. The minimum atomic E-state index is 0.815. The Morgan fingerprint density at radius 3 is 2.27 bits per heavy atom. The van der Waals surface area contributed by atoms with Crippen LogP contribution in [0.5, 0.6) is 0 Å². The number of nitrogens with zero attached hydrogens (tertiary/aromatic N) is 1. The minimum absolute atomic E-state index is 0.815. The third kappa shape index (κ3) is 4.77. The summed E-state index contributed by atoms with van der Waals surface area (Å²) in [6, 6.07) is 19.1. The molecule has 0 atom stereocenters. The van der Waals surface area contributed by atoms with Gasteiger partial charge in [-0.05, 0) is 23.3 Å². The van der Waals surface area contributed by atoms with Gasteiger partial charge >= 0.3 is 0 Å². The third-order valence-corrected chi connectivity index (χ3v) is 4.77. The lowest BCUT2D eigenvalue weighted by atomic mass is 10.1. The molecule has 116 valence electrons. The van der Waals surface area contributed by atoms with Gasteiger partial charge < -0.3 is 5.43 Å². The highest BCUT2D eigenvalue weighted by Gasteiger charge is 2.10. The Kier molecular flexibility index (Phi) is 5.76.